The van der Waals surface area contributed by atoms with Crippen molar-refractivity contribution < 1.29 is 18.8 Å². The SMILES string of the molecule is C[C@H](c1ccccc1)N1C[C@@](CO[Si](C)(C)C(C)(C)C)(C(=O)OC(C)(C)C)CC1=O. The van der Waals surface area contributed by atoms with Gasteiger partial charge in [0.25, 0.3) is 0 Å². The molecule has 0 bridgehead atoms. The Morgan fingerprint density at radius 3 is 2.20 bits per heavy atom. The zero-order valence-corrected chi connectivity index (χ0v) is 21.2. The molecule has 1 aliphatic rings. The van der Waals surface area contributed by atoms with Crippen LogP contribution in [0.4, 0.5) is 0 Å². The number of amides is 1. The lowest BCUT2D eigenvalue weighted by Gasteiger charge is -2.39. The standard InChI is InChI=1S/C24H39NO4Si/c1-18(19-13-11-10-12-14-19)25-16-24(15-20(25)26,21(27)29-22(2,3)4)17-28-30(8,9)23(5,6)7/h10-14,18H,15-17H2,1-9H3/t18-,24+/m1/s1. The van der Waals surface area contributed by atoms with E-state index in [0.29, 0.717) is 6.54 Å². The normalized spacial score (nSPS) is 21.6. The highest BCUT2D eigenvalue weighted by molar-refractivity contribution is 6.74. The van der Waals surface area contributed by atoms with Crippen LogP contribution in [0.2, 0.25) is 18.1 Å². The zero-order chi connectivity index (χ0) is 23.0. The number of hydrogen-bond acceptors (Lipinski definition) is 4. The van der Waals surface area contributed by atoms with Gasteiger partial charge in [-0.05, 0) is 51.4 Å². The van der Waals surface area contributed by atoms with E-state index in [1.807, 2.05) is 58.0 Å². The zero-order valence-electron chi connectivity index (χ0n) is 20.2. The van der Waals surface area contributed by atoms with Gasteiger partial charge >= 0.3 is 5.97 Å². The van der Waals surface area contributed by atoms with E-state index in [1.54, 1.807) is 4.90 Å². The highest BCUT2D eigenvalue weighted by atomic mass is 28.4. The Bertz CT molecular complexity index is 764. The number of ether oxygens (including phenoxy) is 1. The maximum absolute atomic E-state index is 13.3. The topological polar surface area (TPSA) is 55.8 Å². The third kappa shape index (κ3) is 5.52. The largest absolute Gasteiger partial charge is 0.459 e. The first-order valence-electron chi connectivity index (χ1n) is 10.8. The molecule has 1 fully saturated rings. The smallest absolute Gasteiger partial charge is 0.317 e. The Hall–Kier alpha value is -1.66. The fraction of sp³-hybridized carbons (Fsp3) is 0.667. The Labute approximate surface area is 183 Å². The van der Waals surface area contributed by atoms with Gasteiger partial charge in [-0.3, -0.25) is 9.59 Å². The summed E-state index contributed by atoms with van der Waals surface area (Å²) in [5.74, 6) is -0.374. The molecule has 1 saturated heterocycles. The predicted molar refractivity (Wildman–Crippen MR) is 123 cm³/mol. The number of hydrogen-bond donors (Lipinski definition) is 0. The predicted octanol–water partition coefficient (Wildman–Crippen LogP) is 5.33. The molecule has 0 aromatic heterocycles. The van der Waals surface area contributed by atoms with Crippen molar-refractivity contribution in [1.82, 2.24) is 4.90 Å². The number of carbonyl (C=O) groups is 2. The van der Waals surface area contributed by atoms with Crippen LogP contribution in [0.15, 0.2) is 30.3 Å². The summed E-state index contributed by atoms with van der Waals surface area (Å²) in [5, 5.41) is 0.0156. The van der Waals surface area contributed by atoms with Gasteiger partial charge in [0.1, 0.15) is 11.0 Å². The van der Waals surface area contributed by atoms with Gasteiger partial charge < -0.3 is 14.1 Å². The lowest BCUT2D eigenvalue weighted by Crippen LogP contribution is -2.48. The van der Waals surface area contributed by atoms with Crippen LogP contribution in [-0.4, -0.2) is 43.8 Å². The summed E-state index contributed by atoms with van der Waals surface area (Å²) in [6.07, 6.45) is 0.119. The third-order valence-electron chi connectivity index (χ3n) is 6.38. The second-order valence-electron chi connectivity index (χ2n) is 11.1. The summed E-state index contributed by atoms with van der Waals surface area (Å²) in [6.45, 7) is 18.9. The molecule has 0 unspecified atom stereocenters. The van der Waals surface area contributed by atoms with Crippen LogP contribution in [0.5, 0.6) is 0 Å². The first-order chi connectivity index (χ1) is 13.6. The molecular weight excluding hydrogens is 394 g/mol. The minimum Gasteiger partial charge on any atom is -0.459 e. The van der Waals surface area contributed by atoms with Crippen LogP contribution in [0.3, 0.4) is 0 Å². The van der Waals surface area contributed by atoms with Gasteiger partial charge in [-0.15, -0.1) is 0 Å². The molecule has 0 spiro atoms. The molecule has 0 saturated carbocycles. The highest BCUT2D eigenvalue weighted by Crippen LogP contribution is 2.42. The van der Waals surface area contributed by atoms with Crippen molar-refractivity contribution in [2.24, 2.45) is 5.41 Å². The van der Waals surface area contributed by atoms with Gasteiger partial charge in [0, 0.05) is 13.0 Å². The van der Waals surface area contributed by atoms with Crippen molar-refractivity contribution in [2.75, 3.05) is 13.2 Å². The van der Waals surface area contributed by atoms with E-state index in [4.69, 9.17) is 9.16 Å². The van der Waals surface area contributed by atoms with Crippen LogP contribution in [-0.2, 0) is 18.8 Å². The fourth-order valence-electron chi connectivity index (χ4n) is 3.34. The molecule has 5 nitrogen and oxygen atoms in total. The van der Waals surface area contributed by atoms with Crippen molar-refractivity contribution in [2.45, 2.75) is 84.7 Å². The molecule has 30 heavy (non-hydrogen) atoms. The van der Waals surface area contributed by atoms with E-state index in [2.05, 4.69) is 33.9 Å². The average Bonchev–Trinajstić information content (AvgIpc) is 2.96. The summed E-state index contributed by atoms with van der Waals surface area (Å²) in [6, 6.07) is 9.80. The van der Waals surface area contributed by atoms with E-state index in [9.17, 15) is 9.59 Å². The molecule has 2 rings (SSSR count). The molecule has 1 heterocycles. The van der Waals surface area contributed by atoms with Gasteiger partial charge in [-0.25, -0.2) is 0 Å². The fourth-order valence-corrected chi connectivity index (χ4v) is 4.41. The van der Waals surface area contributed by atoms with Crippen molar-refractivity contribution >= 4 is 20.2 Å². The second kappa shape index (κ2) is 8.46. The molecule has 0 N–H and O–H groups in total. The highest BCUT2D eigenvalue weighted by Gasteiger charge is 2.53. The lowest BCUT2D eigenvalue weighted by molar-refractivity contribution is -0.169. The number of esters is 1. The number of benzene rings is 1. The van der Waals surface area contributed by atoms with Gasteiger partial charge in [0.15, 0.2) is 8.32 Å². The lowest BCUT2D eigenvalue weighted by atomic mass is 9.87. The first-order valence-corrected chi connectivity index (χ1v) is 13.7. The molecule has 0 radical (unpaired) electrons. The van der Waals surface area contributed by atoms with Crippen LogP contribution in [0, 0.1) is 5.41 Å². The van der Waals surface area contributed by atoms with E-state index in [1.165, 1.54) is 0 Å². The molecule has 6 heteroatoms. The Morgan fingerprint density at radius 2 is 1.70 bits per heavy atom. The number of rotatable bonds is 6. The Kier molecular flexibility index (Phi) is 6.94. The summed E-state index contributed by atoms with van der Waals surface area (Å²) in [5.41, 5.74) is -0.554. The van der Waals surface area contributed by atoms with Crippen LogP contribution >= 0.6 is 0 Å². The molecular formula is C24H39NO4Si. The van der Waals surface area contributed by atoms with Crippen LogP contribution in [0.25, 0.3) is 0 Å². The minimum atomic E-state index is -2.10. The van der Waals surface area contributed by atoms with Crippen molar-refractivity contribution in [3.63, 3.8) is 0 Å². The molecule has 1 amide bonds. The van der Waals surface area contributed by atoms with Gasteiger partial charge in [0.05, 0.1) is 12.6 Å². The Balaban J connectivity index is 2.33. The maximum atomic E-state index is 13.3. The minimum absolute atomic E-state index is 0.0156. The van der Waals surface area contributed by atoms with E-state index in [-0.39, 0.29) is 36.0 Å². The second-order valence-corrected chi connectivity index (χ2v) is 15.9. The number of carbonyl (C=O) groups excluding carboxylic acids is 2. The Morgan fingerprint density at radius 1 is 1.13 bits per heavy atom. The van der Waals surface area contributed by atoms with E-state index in [0.717, 1.165) is 5.56 Å². The third-order valence-corrected chi connectivity index (χ3v) is 10.9. The van der Waals surface area contributed by atoms with E-state index >= 15 is 0 Å². The summed E-state index contributed by atoms with van der Waals surface area (Å²) in [7, 11) is -2.10. The molecule has 168 valence electrons. The molecule has 0 aliphatic carbocycles. The van der Waals surface area contributed by atoms with Crippen molar-refractivity contribution in [3.05, 3.63) is 35.9 Å². The molecule has 1 aromatic rings. The summed E-state index contributed by atoms with van der Waals surface area (Å²) in [4.78, 5) is 28.2. The summed E-state index contributed by atoms with van der Waals surface area (Å²) >= 11 is 0. The van der Waals surface area contributed by atoms with Crippen molar-refractivity contribution in [1.29, 1.82) is 0 Å². The molecule has 2 atom stereocenters. The molecule has 1 aliphatic heterocycles. The average molecular weight is 434 g/mol. The maximum Gasteiger partial charge on any atom is 0.317 e. The van der Waals surface area contributed by atoms with Gasteiger partial charge in [-0.1, -0.05) is 51.1 Å². The molecule has 1 aromatic carbocycles. The number of likely N-dealkylation sites (tertiary alicyclic amines) is 1. The van der Waals surface area contributed by atoms with Gasteiger partial charge in [0.2, 0.25) is 5.91 Å². The monoisotopic (exact) mass is 433 g/mol. The van der Waals surface area contributed by atoms with Gasteiger partial charge in [-0.2, -0.15) is 0 Å². The number of nitrogens with zero attached hydrogens (tertiary/aromatic N) is 1. The van der Waals surface area contributed by atoms with E-state index < -0.39 is 19.3 Å². The quantitative estimate of drug-likeness (QED) is 0.449. The summed E-state index contributed by atoms with van der Waals surface area (Å²) < 4.78 is 12.2. The van der Waals surface area contributed by atoms with Crippen molar-refractivity contribution in [3.8, 4) is 0 Å². The first kappa shape index (κ1) is 24.6. The van der Waals surface area contributed by atoms with Crippen LogP contribution in [0.1, 0.15) is 66.5 Å². The van der Waals surface area contributed by atoms with Crippen LogP contribution < -0.4 is 0 Å².